The van der Waals surface area contributed by atoms with Crippen molar-refractivity contribution in [1.82, 2.24) is 19.7 Å². The molecule has 0 saturated carbocycles. The van der Waals surface area contributed by atoms with Crippen molar-refractivity contribution >= 4 is 5.91 Å². The number of aromatic nitrogens is 1. The zero-order valence-corrected chi connectivity index (χ0v) is 16.6. The van der Waals surface area contributed by atoms with Gasteiger partial charge in [0.25, 0.3) is 0 Å². The predicted molar refractivity (Wildman–Crippen MR) is 108 cm³/mol. The van der Waals surface area contributed by atoms with E-state index in [2.05, 4.69) is 41.1 Å². The van der Waals surface area contributed by atoms with E-state index in [0.717, 1.165) is 44.7 Å². The molecule has 5 nitrogen and oxygen atoms in total. The van der Waals surface area contributed by atoms with Gasteiger partial charge in [-0.1, -0.05) is 35.9 Å². The number of benzene rings is 1. The van der Waals surface area contributed by atoms with E-state index < -0.39 is 0 Å². The van der Waals surface area contributed by atoms with Crippen LogP contribution in [0.5, 0.6) is 0 Å². The number of carbonyl (C=O) groups is 1. The molecule has 0 aliphatic carbocycles. The second-order valence-corrected chi connectivity index (χ2v) is 7.60. The summed E-state index contributed by atoms with van der Waals surface area (Å²) >= 11 is 0. The fourth-order valence-corrected chi connectivity index (χ4v) is 3.77. The van der Waals surface area contributed by atoms with Crippen molar-refractivity contribution in [3.8, 4) is 0 Å². The lowest BCUT2D eigenvalue weighted by molar-refractivity contribution is -0.136. The molecule has 2 aromatic rings. The summed E-state index contributed by atoms with van der Waals surface area (Å²) < 4.78 is 0. The fraction of sp³-hybridized carbons (Fsp3) is 0.455. The Bertz CT molecular complexity index is 747. The molecule has 0 radical (unpaired) electrons. The lowest BCUT2D eigenvalue weighted by atomic mass is 10.0. The number of hydrogen-bond donors (Lipinski definition) is 0. The number of hydrogen-bond acceptors (Lipinski definition) is 4. The number of aryl methyl sites for hydroxylation is 1. The SMILES string of the molecule is Cc1cccc([C@H](C(=O)N2CCCN(Cc3cccnc3)CC2)N(C)C)c1. The Morgan fingerprint density at radius 2 is 2.00 bits per heavy atom. The summed E-state index contributed by atoms with van der Waals surface area (Å²) in [6, 6.07) is 12.1. The van der Waals surface area contributed by atoms with Crippen LogP contribution in [0.25, 0.3) is 0 Å². The van der Waals surface area contributed by atoms with Gasteiger partial charge < -0.3 is 4.90 Å². The van der Waals surface area contributed by atoms with E-state index in [1.54, 1.807) is 6.20 Å². The molecular weight excluding hydrogens is 336 g/mol. The lowest BCUT2D eigenvalue weighted by Crippen LogP contribution is -2.42. The van der Waals surface area contributed by atoms with Crippen LogP contribution in [0, 0.1) is 6.92 Å². The Balaban J connectivity index is 1.67. The zero-order chi connectivity index (χ0) is 19.2. The largest absolute Gasteiger partial charge is 0.340 e. The molecule has 1 saturated heterocycles. The standard InChI is InChI=1S/C22H30N4O/c1-18-7-4-9-20(15-18)21(24(2)3)22(27)26-12-6-11-25(13-14-26)17-19-8-5-10-23-16-19/h4-5,7-10,15-16,21H,6,11-14,17H2,1-3H3/t21-/m1/s1. The quantitative estimate of drug-likeness (QED) is 0.816. The second kappa shape index (κ2) is 9.11. The van der Waals surface area contributed by atoms with E-state index >= 15 is 0 Å². The maximum Gasteiger partial charge on any atom is 0.244 e. The van der Waals surface area contributed by atoms with E-state index in [-0.39, 0.29) is 11.9 Å². The third-order valence-corrected chi connectivity index (χ3v) is 5.14. The Morgan fingerprint density at radius 1 is 1.15 bits per heavy atom. The number of pyridine rings is 1. The third-order valence-electron chi connectivity index (χ3n) is 5.14. The van der Waals surface area contributed by atoms with Gasteiger partial charge in [-0.25, -0.2) is 0 Å². The predicted octanol–water partition coefficient (Wildman–Crippen LogP) is 2.73. The highest BCUT2D eigenvalue weighted by molar-refractivity contribution is 5.83. The highest BCUT2D eigenvalue weighted by atomic mass is 16.2. The van der Waals surface area contributed by atoms with Gasteiger partial charge in [-0.3, -0.25) is 19.6 Å². The van der Waals surface area contributed by atoms with Gasteiger partial charge in [-0.2, -0.15) is 0 Å². The van der Waals surface area contributed by atoms with E-state index in [0.29, 0.717) is 0 Å². The van der Waals surface area contributed by atoms with E-state index in [1.807, 2.05) is 42.2 Å². The molecule has 3 rings (SSSR count). The number of amides is 1. The number of likely N-dealkylation sites (N-methyl/N-ethyl adjacent to an activating group) is 1. The monoisotopic (exact) mass is 366 g/mol. The molecule has 2 heterocycles. The van der Waals surface area contributed by atoms with Gasteiger partial charge in [0, 0.05) is 45.1 Å². The minimum Gasteiger partial charge on any atom is -0.340 e. The average Bonchev–Trinajstić information content (AvgIpc) is 2.88. The van der Waals surface area contributed by atoms with Crippen molar-refractivity contribution in [2.45, 2.75) is 25.9 Å². The molecular formula is C22H30N4O. The molecule has 1 amide bonds. The molecule has 27 heavy (non-hydrogen) atoms. The summed E-state index contributed by atoms with van der Waals surface area (Å²) in [4.78, 5) is 24.0. The molecule has 1 aliphatic heterocycles. The first-order valence-electron chi connectivity index (χ1n) is 9.67. The maximum atomic E-state index is 13.3. The van der Waals surface area contributed by atoms with Gasteiger partial charge in [-0.05, 0) is 44.6 Å². The number of nitrogens with zero attached hydrogens (tertiary/aromatic N) is 4. The molecule has 1 aromatic heterocycles. The summed E-state index contributed by atoms with van der Waals surface area (Å²) in [5, 5.41) is 0. The van der Waals surface area contributed by atoms with Crippen molar-refractivity contribution in [2.24, 2.45) is 0 Å². The fourth-order valence-electron chi connectivity index (χ4n) is 3.77. The average molecular weight is 367 g/mol. The van der Waals surface area contributed by atoms with Gasteiger partial charge >= 0.3 is 0 Å². The van der Waals surface area contributed by atoms with Gasteiger partial charge in [0.15, 0.2) is 0 Å². The molecule has 0 spiro atoms. The maximum absolute atomic E-state index is 13.3. The van der Waals surface area contributed by atoms with Gasteiger partial charge in [0.1, 0.15) is 6.04 Å². The van der Waals surface area contributed by atoms with E-state index in [1.165, 1.54) is 11.1 Å². The summed E-state index contributed by atoms with van der Waals surface area (Å²) in [7, 11) is 3.97. The Labute approximate surface area is 162 Å². The molecule has 0 bridgehead atoms. The van der Waals surface area contributed by atoms with Gasteiger partial charge in [-0.15, -0.1) is 0 Å². The van der Waals surface area contributed by atoms with Crippen molar-refractivity contribution in [3.63, 3.8) is 0 Å². The summed E-state index contributed by atoms with van der Waals surface area (Å²) in [5.41, 5.74) is 3.48. The van der Waals surface area contributed by atoms with Gasteiger partial charge in [0.05, 0.1) is 0 Å². The summed E-state index contributed by atoms with van der Waals surface area (Å²) in [5.74, 6) is 0.203. The Kier molecular flexibility index (Phi) is 6.58. The zero-order valence-electron chi connectivity index (χ0n) is 16.6. The Morgan fingerprint density at radius 3 is 2.70 bits per heavy atom. The number of rotatable bonds is 5. The van der Waals surface area contributed by atoms with Crippen molar-refractivity contribution in [2.75, 3.05) is 40.3 Å². The van der Waals surface area contributed by atoms with E-state index in [9.17, 15) is 4.79 Å². The Hall–Kier alpha value is -2.24. The van der Waals surface area contributed by atoms with Crippen LogP contribution in [0.2, 0.25) is 0 Å². The van der Waals surface area contributed by atoms with Crippen molar-refractivity contribution in [1.29, 1.82) is 0 Å². The first-order chi connectivity index (χ1) is 13.0. The minimum absolute atomic E-state index is 0.203. The van der Waals surface area contributed by atoms with Crippen LogP contribution in [0.3, 0.4) is 0 Å². The van der Waals surface area contributed by atoms with Crippen LogP contribution in [-0.2, 0) is 11.3 Å². The van der Waals surface area contributed by atoms with Crippen LogP contribution in [0.1, 0.15) is 29.2 Å². The third kappa shape index (κ3) is 5.15. The molecule has 0 unspecified atom stereocenters. The highest BCUT2D eigenvalue weighted by Gasteiger charge is 2.29. The van der Waals surface area contributed by atoms with Crippen molar-refractivity contribution in [3.05, 3.63) is 65.5 Å². The molecule has 144 valence electrons. The topological polar surface area (TPSA) is 39.7 Å². The minimum atomic E-state index is -0.227. The molecule has 1 fully saturated rings. The lowest BCUT2D eigenvalue weighted by Gasteiger charge is -2.30. The summed E-state index contributed by atoms with van der Waals surface area (Å²) in [6.07, 6.45) is 4.73. The van der Waals surface area contributed by atoms with E-state index in [4.69, 9.17) is 0 Å². The first kappa shape index (κ1) is 19.5. The van der Waals surface area contributed by atoms with Crippen LogP contribution in [0.15, 0.2) is 48.8 Å². The molecule has 1 atom stereocenters. The van der Waals surface area contributed by atoms with Crippen LogP contribution in [-0.4, -0.2) is 65.9 Å². The molecule has 1 aliphatic rings. The number of carbonyl (C=O) groups excluding carboxylic acids is 1. The molecule has 5 heteroatoms. The van der Waals surface area contributed by atoms with Crippen LogP contribution >= 0.6 is 0 Å². The summed E-state index contributed by atoms with van der Waals surface area (Å²) in [6.45, 7) is 6.46. The van der Waals surface area contributed by atoms with Crippen molar-refractivity contribution < 1.29 is 4.79 Å². The molecule has 1 aromatic carbocycles. The van der Waals surface area contributed by atoms with Crippen LogP contribution < -0.4 is 0 Å². The second-order valence-electron chi connectivity index (χ2n) is 7.60. The van der Waals surface area contributed by atoms with Crippen LogP contribution in [0.4, 0.5) is 0 Å². The smallest absolute Gasteiger partial charge is 0.244 e. The van der Waals surface area contributed by atoms with Gasteiger partial charge in [0.2, 0.25) is 5.91 Å². The molecule has 0 N–H and O–H groups in total. The first-order valence-corrected chi connectivity index (χ1v) is 9.67. The normalized spacial score (nSPS) is 17.0. The highest BCUT2D eigenvalue weighted by Crippen LogP contribution is 2.23.